The molecule has 2 nitrogen and oxygen atoms in total. The molecule has 0 aromatic heterocycles. The average molecular weight is 242 g/mol. The maximum Gasteiger partial charge on any atom is 0.126 e. The van der Waals surface area contributed by atoms with Gasteiger partial charge in [-0.25, -0.2) is 4.39 Å². The lowest BCUT2D eigenvalue weighted by Crippen LogP contribution is -2.39. The van der Waals surface area contributed by atoms with Crippen LogP contribution in [0.2, 0.25) is 0 Å². The van der Waals surface area contributed by atoms with Crippen molar-refractivity contribution in [3.05, 3.63) is 35.6 Å². The second-order valence-corrected chi connectivity index (χ2v) is 4.88. The fraction of sp³-hybridized carbons (Fsp3) is 0.500. The van der Waals surface area contributed by atoms with Gasteiger partial charge in [-0.15, -0.1) is 0 Å². The molecule has 1 unspecified atom stereocenters. The number of hydrogen-bond donors (Lipinski definition) is 2. The molecule has 1 aromatic carbocycles. The van der Waals surface area contributed by atoms with E-state index >= 15 is 0 Å². The maximum atomic E-state index is 13.4. The van der Waals surface area contributed by atoms with Gasteiger partial charge in [-0.1, -0.05) is 25.1 Å². The van der Waals surface area contributed by atoms with Gasteiger partial charge in [0.2, 0.25) is 0 Å². The number of hydrazine groups is 1. The molecule has 3 N–H and O–H groups in total. The van der Waals surface area contributed by atoms with Crippen LogP contribution in [0.15, 0.2) is 24.3 Å². The Labute approximate surface area is 101 Å². The van der Waals surface area contributed by atoms with Gasteiger partial charge in [0.1, 0.15) is 5.82 Å². The molecule has 1 rings (SSSR count). The number of hydrogen-bond acceptors (Lipinski definition) is 3. The van der Waals surface area contributed by atoms with Gasteiger partial charge in [0.25, 0.3) is 0 Å². The first-order chi connectivity index (χ1) is 7.77. The van der Waals surface area contributed by atoms with E-state index in [1.165, 1.54) is 6.07 Å². The maximum absolute atomic E-state index is 13.4. The minimum Gasteiger partial charge on any atom is -0.271 e. The normalized spacial score (nSPS) is 12.7. The Bertz CT molecular complexity index is 307. The molecule has 4 heteroatoms. The third-order valence-corrected chi connectivity index (χ3v) is 3.66. The van der Waals surface area contributed by atoms with Gasteiger partial charge in [-0.2, -0.15) is 11.8 Å². The highest BCUT2D eigenvalue weighted by Gasteiger charge is 2.10. The van der Waals surface area contributed by atoms with E-state index in [2.05, 4.69) is 12.3 Å². The van der Waals surface area contributed by atoms with E-state index in [1.807, 2.05) is 23.9 Å². The minimum atomic E-state index is -0.150. The summed E-state index contributed by atoms with van der Waals surface area (Å²) in [6.07, 6.45) is 1.79. The highest BCUT2D eigenvalue weighted by atomic mass is 32.2. The minimum absolute atomic E-state index is 0.133. The lowest BCUT2D eigenvalue weighted by atomic mass is 10.1. The van der Waals surface area contributed by atoms with Crippen molar-refractivity contribution >= 4 is 11.8 Å². The molecule has 0 fully saturated rings. The molecule has 0 aliphatic carbocycles. The van der Waals surface area contributed by atoms with Crippen LogP contribution in [0, 0.1) is 5.82 Å². The Morgan fingerprint density at radius 1 is 1.44 bits per heavy atom. The van der Waals surface area contributed by atoms with Gasteiger partial charge in [0.05, 0.1) is 0 Å². The number of nitrogens with one attached hydrogen (secondary N) is 1. The highest BCUT2D eigenvalue weighted by Crippen LogP contribution is 2.12. The van der Waals surface area contributed by atoms with Crippen molar-refractivity contribution in [3.8, 4) is 0 Å². The average Bonchev–Trinajstić information content (AvgIpc) is 2.30. The van der Waals surface area contributed by atoms with Gasteiger partial charge >= 0.3 is 0 Å². The highest BCUT2D eigenvalue weighted by molar-refractivity contribution is 7.99. The summed E-state index contributed by atoms with van der Waals surface area (Å²) in [5, 5.41) is 0. The van der Waals surface area contributed by atoms with Gasteiger partial charge in [-0.3, -0.25) is 11.3 Å². The molecule has 1 aromatic rings. The van der Waals surface area contributed by atoms with E-state index in [0.717, 1.165) is 23.5 Å². The summed E-state index contributed by atoms with van der Waals surface area (Å²) in [7, 11) is 0. The first-order valence-electron chi connectivity index (χ1n) is 5.55. The third-order valence-electron chi connectivity index (χ3n) is 2.33. The summed E-state index contributed by atoms with van der Waals surface area (Å²) in [4.78, 5) is 0. The van der Waals surface area contributed by atoms with Crippen LogP contribution in [0.5, 0.6) is 0 Å². The fourth-order valence-electron chi connectivity index (χ4n) is 1.47. The van der Waals surface area contributed by atoms with Gasteiger partial charge in [-0.05, 0) is 30.2 Å². The zero-order valence-corrected chi connectivity index (χ0v) is 10.4. The predicted molar refractivity (Wildman–Crippen MR) is 68.8 cm³/mol. The van der Waals surface area contributed by atoms with E-state index in [4.69, 9.17) is 5.84 Å². The van der Waals surface area contributed by atoms with Crippen molar-refractivity contribution in [1.29, 1.82) is 0 Å². The summed E-state index contributed by atoms with van der Waals surface area (Å²) >= 11 is 1.85. The van der Waals surface area contributed by atoms with Crippen molar-refractivity contribution < 1.29 is 4.39 Å². The SMILES string of the molecule is CCCSCC(Cc1ccccc1F)NN. The van der Waals surface area contributed by atoms with E-state index in [-0.39, 0.29) is 11.9 Å². The van der Waals surface area contributed by atoms with Gasteiger partial charge < -0.3 is 0 Å². The van der Waals surface area contributed by atoms with Crippen LogP contribution in [0.3, 0.4) is 0 Å². The van der Waals surface area contributed by atoms with E-state index in [9.17, 15) is 4.39 Å². The lowest BCUT2D eigenvalue weighted by molar-refractivity contribution is 0.546. The molecular formula is C12H19FN2S. The van der Waals surface area contributed by atoms with Crippen LogP contribution in [0.4, 0.5) is 4.39 Å². The van der Waals surface area contributed by atoms with Crippen LogP contribution in [-0.4, -0.2) is 17.5 Å². The summed E-state index contributed by atoms with van der Waals surface area (Å²) in [5.41, 5.74) is 3.47. The molecule has 0 heterocycles. The molecular weight excluding hydrogens is 223 g/mol. The Morgan fingerprint density at radius 3 is 2.81 bits per heavy atom. The van der Waals surface area contributed by atoms with Crippen molar-refractivity contribution in [2.45, 2.75) is 25.8 Å². The predicted octanol–water partition coefficient (Wildman–Crippen LogP) is 2.34. The van der Waals surface area contributed by atoms with Crippen LogP contribution in [0.25, 0.3) is 0 Å². The second-order valence-electron chi connectivity index (χ2n) is 3.73. The number of nitrogens with two attached hydrogens (primary N) is 1. The molecule has 90 valence electrons. The van der Waals surface area contributed by atoms with Crippen LogP contribution < -0.4 is 11.3 Å². The molecule has 0 radical (unpaired) electrons. The molecule has 0 amide bonds. The first-order valence-corrected chi connectivity index (χ1v) is 6.70. The molecule has 0 saturated heterocycles. The van der Waals surface area contributed by atoms with Crippen molar-refractivity contribution in [1.82, 2.24) is 5.43 Å². The summed E-state index contributed by atoms with van der Waals surface area (Å²) < 4.78 is 13.4. The Morgan fingerprint density at radius 2 is 2.19 bits per heavy atom. The molecule has 0 spiro atoms. The molecule has 0 bridgehead atoms. The van der Waals surface area contributed by atoms with Crippen LogP contribution in [0.1, 0.15) is 18.9 Å². The summed E-state index contributed by atoms with van der Waals surface area (Å²) in [6, 6.07) is 6.99. The molecule has 1 atom stereocenters. The molecule has 0 saturated carbocycles. The van der Waals surface area contributed by atoms with Crippen molar-refractivity contribution in [2.24, 2.45) is 5.84 Å². The van der Waals surface area contributed by atoms with E-state index in [0.29, 0.717) is 6.42 Å². The second kappa shape index (κ2) is 7.65. The largest absolute Gasteiger partial charge is 0.271 e. The number of benzene rings is 1. The number of halogens is 1. The number of thioether (sulfide) groups is 1. The zero-order valence-electron chi connectivity index (χ0n) is 9.58. The van der Waals surface area contributed by atoms with Crippen molar-refractivity contribution in [3.63, 3.8) is 0 Å². The Balaban J connectivity index is 2.46. The lowest BCUT2D eigenvalue weighted by Gasteiger charge is -2.15. The van der Waals surface area contributed by atoms with Crippen molar-refractivity contribution in [2.75, 3.05) is 11.5 Å². The third kappa shape index (κ3) is 4.51. The zero-order chi connectivity index (χ0) is 11.8. The standard InChI is InChI=1S/C12H19FN2S/c1-2-7-16-9-11(15-14)8-10-5-3-4-6-12(10)13/h3-6,11,15H,2,7-9,14H2,1H3. The smallest absolute Gasteiger partial charge is 0.126 e. The fourth-order valence-corrected chi connectivity index (χ4v) is 2.42. The van der Waals surface area contributed by atoms with Crippen LogP contribution in [-0.2, 0) is 6.42 Å². The molecule has 0 aliphatic rings. The Kier molecular flexibility index (Phi) is 6.45. The first kappa shape index (κ1) is 13.5. The quantitative estimate of drug-likeness (QED) is 0.438. The van der Waals surface area contributed by atoms with Gasteiger partial charge in [0.15, 0.2) is 0 Å². The molecule has 16 heavy (non-hydrogen) atoms. The summed E-state index contributed by atoms with van der Waals surface area (Å²) in [5.74, 6) is 7.35. The van der Waals surface area contributed by atoms with Crippen LogP contribution >= 0.6 is 11.8 Å². The summed E-state index contributed by atoms with van der Waals surface area (Å²) in [6.45, 7) is 2.15. The van der Waals surface area contributed by atoms with Gasteiger partial charge in [0, 0.05) is 11.8 Å². The van der Waals surface area contributed by atoms with E-state index < -0.39 is 0 Å². The monoisotopic (exact) mass is 242 g/mol. The topological polar surface area (TPSA) is 38.0 Å². The Hall–Kier alpha value is -0.580. The van der Waals surface area contributed by atoms with E-state index in [1.54, 1.807) is 6.07 Å². The molecule has 0 aliphatic heterocycles. The number of rotatable bonds is 7.